The molecule has 0 aromatic carbocycles. The Kier molecular flexibility index (Phi) is 5.81. The minimum atomic E-state index is -0.551. The molecule has 1 unspecified atom stereocenters. The van der Waals surface area contributed by atoms with Crippen molar-refractivity contribution < 1.29 is 14.3 Å². The van der Waals surface area contributed by atoms with Crippen LogP contribution in [0.15, 0.2) is 16.9 Å². The molecule has 2 rings (SSSR count). The maximum Gasteiger partial charge on any atom is 0.410 e. The number of likely N-dealkylation sites (tertiary alicyclic amines) is 1. The molecule has 2 heterocycles. The van der Waals surface area contributed by atoms with Gasteiger partial charge in [-0.15, -0.1) is 0 Å². The van der Waals surface area contributed by atoms with Gasteiger partial charge in [-0.3, -0.25) is 9.59 Å². The number of hydrogen-bond acceptors (Lipinski definition) is 5. The molecule has 2 amide bonds. The molecule has 1 aliphatic rings. The third-order valence-corrected chi connectivity index (χ3v) is 3.99. The number of H-pyrrole nitrogens is 1. The number of amides is 2. The Morgan fingerprint density at radius 2 is 2.12 bits per heavy atom. The van der Waals surface area contributed by atoms with Crippen LogP contribution in [0.4, 0.5) is 4.79 Å². The quantitative estimate of drug-likeness (QED) is 0.894. The normalized spacial score (nSPS) is 17.9. The van der Waals surface area contributed by atoms with E-state index in [0.717, 1.165) is 12.8 Å². The molecule has 8 heteroatoms. The Bertz CT molecular complexity index is 659. The lowest BCUT2D eigenvalue weighted by Gasteiger charge is -2.39. The van der Waals surface area contributed by atoms with E-state index in [0.29, 0.717) is 19.6 Å². The summed E-state index contributed by atoms with van der Waals surface area (Å²) in [4.78, 5) is 39.5. The summed E-state index contributed by atoms with van der Waals surface area (Å²) >= 11 is 0. The number of rotatable bonds is 3. The van der Waals surface area contributed by atoms with E-state index < -0.39 is 5.60 Å². The minimum absolute atomic E-state index is 0.104. The molecule has 8 nitrogen and oxygen atoms in total. The molecule has 0 aliphatic carbocycles. The number of carbonyl (C=O) groups excluding carboxylic acids is 2. The number of ether oxygens (including phenoxy) is 1. The summed E-state index contributed by atoms with van der Waals surface area (Å²) in [5.74, 6) is -0.255. The molecule has 1 aliphatic heterocycles. The zero-order valence-electron chi connectivity index (χ0n) is 15.2. The van der Waals surface area contributed by atoms with Gasteiger partial charge in [-0.05, 0) is 46.6 Å². The van der Waals surface area contributed by atoms with Crippen LogP contribution in [0.2, 0.25) is 0 Å². The van der Waals surface area contributed by atoms with Gasteiger partial charge in [0.25, 0.3) is 11.5 Å². The Morgan fingerprint density at radius 3 is 2.68 bits per heavy atom. The fourth-order valence-corrected chi connectivity index (χ4v) is 2.88. The minimum Gasteiger partial charge on any atom is -0.444 e. The fraction of sp³-hybridized carbons (Fsp3) is 0.647. The predicted octanol–water partition coefficient (Wildman–Crippen LogP) is 1.63. The van der Waals surface area contributed by atoms with Crippen molar-refractivity contribution in [2.24, 2.45) is 0 Å². The molecule has 1 N–H and O–H groups in total. The molecule has 1 aromatic rings. The first-order chi connectivity index (χ1) is 11.7. The molecule has 0 bridgehead atoms. The van der Waals surface area contributed by atoms with E-state index in [1.807, 2.05) is 27.7 Å². The molecule has 0 spiro atoms. The summed E-state index contributed by atoms with van der Waals surface area (Å²) in [6, 6.07) is 2.59. The number of nitrogens with zero attached hydrogens (tertiary/aromatic N) is 3. The summed E-state index contributed by atoms with van der Waals surface area (Å²) in [5.41, 5.74) is -0.714. The second-order valence-corrected chi connectivity index (χ2v) is 7.12. The SMILES string of the molecule is CCN(C(=O)c1ccc(=O)[nH]n1)C1CCCN(C(=O)OC(C)(C)C)C1. The van der Waals surface area contributed by atoms with Crippen LogP contribution < -0.4 is 5.56 Å². The van der Waals surface area contributed by atoms with Crippen molar-refractivity contribution in [2.45, 2.75) is 52.2 Å². The second kappa shape index (κ2) is 7.67. The van der Waals surface area contributed by atoms with Gasteiger partial charge >= 0.3 is 6.09 Å². The van der Waals surface area contributed by atoms with E-state index in [4.69, 9.17) is 4.74 Å². The van der Waals surface area contributed by atoms with Crippen molar-refractivity contribution >= 4 is 12.0 Å². The topological polar surface area (TPSA) is 95.6 Å². The number of piperidine rings is 1. The van der Waals surface area contributed by atoms with Crippen molar-refractivity contribution in [1.82, 2.24) is 20.0 Å². The highest BCUT2D eigenvalue weighted by atomic mass is 16.6. The summed E-state index contributed by atoms with van der Waals surface area (Å²) in [7, 11) is 0. The number of carbonyl (C=O) groups is 2. The number of likely N-dealkylation sites (N-methyl/N-ethyl adjacent to an activating group) is 1. The number of aromatic amines is 1. The van der Waals surface area contributed by atoms with Gasteiger partial charge in [-0.2, -0.15) is 5.10 Å². The molecule has 0 saturated carbocycles. The number of aromatic nitrogens is 2. The average molecular weight is 350 g/mol. The maximum absolute atomic E-state index is 12.7. The summed E-state index contributed by atoms with van der Waals surface area (Å²) in [5, 5.41) is 6.09. The zero-order chi connectivity index (χ0) is 18.6. The Morgan fingerprint density at radius 1 is 1.40 bits per heavy atom. The van der Waals surface area contributed by atoms with Crippen molar-refractivity contribution in [3.05, 3.63) is 28.2 Å². The van der Waals surface area contributed by atoms with Gasteiger partial charge in [0.1, 0.15) is 11.3 Å². The van der Waals surface area contributed by atoms with E-state index >= 15 is 0 Å². The van der Waals surface area contributed by atoms with Crippen LogP contribution in [-0.4, -0.2) is 63.3 Å². The summed E-state index contributed by atoms with van der Waals surface area (Å²) in [6.45, 7) is 8.91. The van der Waals surface area contributed by atoms with Crippen LogP contribution in [0.1, 0.15) is 51.0 Å². The van der Waals surface area contributed by atoms with Crippen LogP contribution in [0, 0.1) is 0 Å². The van der Waals surface area contributed by atoms with E-state index in [9.17, 15) is 14.4 Å². The number of nitrogens with one attached hydrogen (secondary N) is 1. The van der Waals surface area contributed by atoms with Crippen LogP contribution in [0.3, 0.4) is 0 Å². The first-order valence-corrected chi connectivity index (χ1v) is 8.56. The first-order valence-electron chi connectivity index (χ1n) is 8.56. The third-order valence-electron chi connectivity index (χ3n) is 3.99. The zero-order valence-corrected chi connectivity index (χ0v) is 15.2. The average Bonchev–Trinajstić information content (AvgIpc) is 2.55. The summed E-state index contributed by atoms with van der Waals surface area (Å²) in [6.07, 6.45) is 1.25. The molecular formula is C17H26N4O4. The molecule has 1 fully saturated rings. The predicted molar refractivity (Wildman–Crippen MR) is 92.4 cm³/mol. The molecular weight excluding hydrogens is 324 g/mol. The molecule has 0 radical (unpaired) electrons. The molecule has 1 atom stereocenters. The standard InChI is InChI=1S/C17H26N4O4/c1-5-21(15(23)13-8-9-14(22)19-18-13)12-7-6-10-20(11-12)16(24)25-17(2,3)4/h8-9,12H,5-7,10-11H2,1-4H3,(H,19,22). The van der Waals surface area contributed by atoms with Gasteiger partial charge in [-0.1, -0.05) is 0 Å². The Labute approximate surface area is 147 Å². The van der Waals surface area contributed by atoms with E-state index in [1.54, 1.807) is 9.80 Å². The van der Waals surface area contributed by atoms with Crippen molar-refractivity contribution in [3.8, 4) is 0 Å². The highest BCUT2D eigenvalue weighted by Crippen LogP contribution is 2.20. The van der Waals surface area contributed by atoms with E-state index in [1.165, 1.54) is 12.1 Å². The molecule has 1 aromatic heterocycles. The van der Waals surface area contributed by atoms with Gasteiger partial charge in [0, 0.05) is 31.7 Å². The molecule has 25 heavy (non-hydrogen) atoms. The highest BCUT2D eigenvalue weighted by Gasteiger charge is 2.32. The lowest BCUT2D eigenvalue weighted by molar-refractivity contribution is 0.0106. The highest BCUT2D eigenvalue weighted by molar-refractivity contribution is 5.92. The number of hydrogen-bond donors (Lipinski definition) is 1. The second-order valence-electron chi connectivity index (χ2n) is 7.12. The van der Waals surface area contributed by atoms with Crippen LogP contribution >= 0.6 is 0 Å². The van der Waals surface area contributed by atoms with Gasteiger partial charge < -0.3 is 14.5 Å². The van der Waals surface area contributed by atoms with Gasteiger partial charge in [0.15, 0.2) is 0 Å². The van der Waals surface area contributed by atoms with Crippen molar-refractivity contribution in [3.63, 3.8) is 0 Å². The van der Waals surface area contributed by atoms with E-state index in [-0.39, 0.29) is 29.3 Å². The smallest absolute Gasteiger partial charge is 0.410 e. The Hall–Kier alpha value is -2.38. The fourth-order valence-electron chi connectivity index (χ4n) is 2.88. The van der Waals surface area contributed by atoms with Gasteiger partial charge in [-0.25, -0.2) is 9.89 Å². The lowest BCUT2D eigenvalue weighted by Crippen LogP contribution is -2.52. The van der Waals surface area contributed by atoms with Crippen LogP contribution in [-0.2, 0) is 4.74 Å². The molecule has 1 saturated heterocycles. The van der Waals surface area contributed by atoms with Gasteiger partial charge in [0.05, 0.1) is 0 Å². The molecule has 138 valence electrons. The maximum atomic E-state index is 12.7. The van der Waals surface area contributed by atoms with Crippen LogP contribution in [0.25, 0.3) is 0 Å². The monoisotopic (exact) mass is 350 g/mol. The first kappa shape index (κ1) is 19.0. The third kappa shape index (κ3) is 5.04. The van der Waals surface area contributed by atoms with Crippen molar-refractivity contribution in [1.29, 1.82) is 0 Å². The van der Waals surface area contributed by atoms with Gasteiger partial charge in [0.2, 0.25) is 0 Å². The van der Waals surface area contributed by atoms with Crippen molar-refractivity contribution in [2.75, 3.05) is 19.6 Å². The van der Waals surface area contributed by atoms with E-state index in [2.05, 4.69) is 10.2 Å². The van der Waals surface area contributed by atoms with Crippen LogP contribution in [0.5, 0.6) is 0 Å². The lowest BCUT2D eigenvalue weighted by atomic mass is 10.0. The summed E-state index contributed by atoms with van der Waals surface area (Å²) < 4.78 is 5.43. The largest absolute Gasteiger partial charge is 0.444 e. The Balaban J connectivity index is 2.09.